The molecule has 0 aliphatic heterocycles. The van der Waals surface area contributed by atoms with Crippen molar-refractivity contribution >= 4 is 46.0 Å². The molecule has 0 bridgehead atoms. The fraction of sp³-hybridized carbons (Fsp3) is 0.381. The standard InChI is InChI=1S/C21H25ClN4O4S/c1-6-12(3)26-20(28)19-15(7-11(2)23-19)25-21(26)31-10-18(27)24-14-8-13(22)16(29-4)9-17(14)30-5/h7-9,12,23H,6,10H2,1-5H3,(H,24,27)/t12-/m0/s1. The van der Waals surface area contributed by atoms with Gasteiger partial charge in [0.2, 0.25) is 5.91 Å². The maximum absolute atomic E-state index is 13.0. The molecule has 1 aromatic carbocycles. The van der Waals surface area contributed by atoms with Crippen molar-refractivity contribution in [3.63, 3.8) is 0 Å². The van der Waals surface area contributed by atoms with Gasteiger partial charge in [0.15, 0.2) is 5.16 Å². The van der Waals surface area contributed by atoms with Crippen LogP contribution in [0.1, 0.15) is 32.0 Å². The smallest absolute Gasteiger partial charge is 0.278 e. The zero-order chi connectivity index (χ0) is 22.7. The molecule has 8 nitrogen and oxygen atoms in total. The van der Waals surface area contributed by atoms with Crippen LogP contribution in [-0.2, 0) is 4.79 Å². The van der Waals surface area contributed by atoms with Crippen molar-refractivity contribution in [2.24, 2.45) is 0 Å². The molecule has 2 heterocycles. The van der Waals surface area contributed by atoms with Crippen LogP contribution in [0.25, 0.3) is 11.0 Å². The number of aromatic nitrogens is 3. The number of methoxy groups -OCH3 is 2. The van der Waals surface area contributed by atoms with E-state index in [1.165, 1.54) is 26.0 Å². The van der Waals surface area contributed by atoms with E-state index in [4.69, 9.17) is 21.1 Å². The highest BCUT2D eigenvalue weighted by Gasteiger charge is 2.19. The molecule has 0 unspecified atom stereocenters. The van der Waals surface area contributed by atoms with E-state index in [1.54, 1.807) is 16.7 Å². The van der Waals surface area contributed by atoms with Crippen molar-refractivity contribution < 1.29 is 14.3 Å². The van der Waals surface area contributed by atoms with E-state index >= 15 is 0 Å². The molecule has 166 valence electrons. The average molecular weight is 465 g/mol. The number of carbonyl (C=O) groups is 1. The van der Waals surface area contributed by atoms with Crippen molar-refractivity contribution in [2.75, 3.05) is 25.3 Å². The highest BCUT2D eigenvalue weighted by Crippen LogP contribution is 2.36. The van der Waals surface area contributed by atoms with Gasteiger partial charge in [-0.15, -0.1) is 0 Å². The number of anilines is 1. The van der Waals surface area contributed by atoms with Crippen molar-refractivity contribution in [1.29, 1.82) is 0 Å². The van der Waals surface area contributed by atoms with Crippen LogP contribution in [0.5, 0.6) is 11.5 Å². The molecule has 0 aliphatic rings. The fourth-order valence-electron chi connectivity index (χ4n) is 3.14. The summed E-state index contributed by atoms with van der Waals surface area (Å²) in [7, 11) is 3.00. The highest BCUT2D eigenvalue weighted by atomic mass is 35.5. The Bertz CT molecular complexity index is 1170. The molecule has 0 spiro atoms. The van der Waals surface area contributed by atoms with Gasteiger partial charge < -0.3 is 19.8 Å². The lowest BCUT2D eigenvalue weighted by molar-refractivity contribution is -0.113. The number of nitrogens with zero attached hydrogens (tertiary/aromatic N) is 2. The number of carbonyl (C=O) groups excluding carboxylic acids is 1. The second kappa shape index (κ2) is 9.65. The molecule has 3 aromatic rings. The Kier molecular flexibility index (Phi) is 7.17. The first kappa shape index (κ1) is 23.0. The quantitative estimate of drug-likeness (QED) is 0.378. The zero-order valence-electron chi connectivity index (χ0n) is 18.0. The largest absolute Gasteiger partial charge is 0.495 e. The van der Waals surface area contributed by atoms with Gasteiger partial charge in [0, 0.05) is 17.8 Å². The van der Waals surface area contributed by atoms with Crippen molar-refractivity contribution in [2.45, 2.75) is 38.4 Å². The predicted molar refractivity (Wildman–Crippen MR) is 124 cm³/mol. The van der Waals surface area contributed by atoms with Crippen molar-refractivity contribution in [3.05, 3.63) is 39.3 Å². The first-order chi connectivity index (χ1) is 14.8. The second-order valence-electron chi connectivity index (χ2n) is 7.06. The van der Waals surface area contributed by atoms with E-state index < -0.39 is 0 Å². The fourth-order valence-corrected chi connectivity index (χ4v) is 4.28. The summed E-state index contributed by atoms with van der Waals surface area (Å²) in [4.78, 5) is 33.4. The Morgan fingerprint density at radius 3 is 2.65 bits per heavy atom. The minimum atomic E-state index is -0.278. The Morgan fingerprint density at radius 2 is 2.00 bits per heavy atom. The van der Waals surface area contributed by atoms with Gasteiger partial charge in [-0.3, -0.25) is 14.2 Å². The molecule has 0 fully saturated rings. The number of hydrogen-bond donors (Lipinski definition) is 2. The maximum Gasteiger partial charge on any atom is 0.278 e. The normalized spacial score (nSPS) is 12.1. The number of ether oxygens (including phenoxy) is 2. The molecule has 10 heteroatoms. The van der Waals surface area contributed by atoms with E-state index in [9.17, 15) is 9.59 Å². The summed E-state index contributed by atoms with van der Waals surface area (Å²) in [6.45, 7) is 5.84. The van der Waals surface area contributed by atoms with Crippen LogP contribution in [-0.4, -0.2) is 40.4 Å². The van der Waals surface area contributed by atoms with E-state index in [2.05, 4.69) is 15.3 Å². The van der Waals surface area contributed by atoms with Crippen molar-refractivity contribution in [1.82, 2.24) is 14.5 Å². The Balaban J connectivity index is 1.85. The lowest BCUT2D eigenvalue weighted by Gasteiger charge is -2.17. The van der Waals surface area contributed by atoms with Gasteiger partial charge in [-0.1, -0.05) is 30.3 Å². The molecule has 1 atom stereocenters. The maximum atomic E-state index is 13.0. The number of aryl methyl sites for hydroxylation is 1. The monoisotopic (exact) mass is 464 g/mol. The third-order valence-electron chi connectivity index (χ3n) is 4.90. The molecule has 0 aliphatic carbocycles. The van der Waals surface area contributed by atoms with E-state index in [1.807, 2.05) is 26.8 Å². The number of hydrogen-bond acceptors (Lipinski definition) is 6. The number of amides is 1. The summed E-state index contributed by atoms with van der Waals surface area (Å²) in [5, 5.41) is 3.65. The molecule has 31 heavy (non-hydrogen) atoms. The number of fused-ring (bicyclic) bond motifs is 1. The minimum absolute atomic E-state index is 0.0564. The van der Waals surface area contributed by atoms with Gasteiger partial charge in [-0.25, -0.2) is 4.98 Å². The summed E-state index contributed by atoms with van der Waals surface area (Å²) in [5.74, 6) is 0.658. The van der Waals surface area contributed by atoms with Crippen LogP contribution in [0.3, 0.4) is 0 Å². The zero-order valence-corrected chi connectivity index (χ0v) is 19.6. The summed E-state index contributed by atoms with van der Waals surface area (Å²) in [6.07, 6.45) is 0.758. The summed E-state index contributed by atoms with van der Waals surface area (Å²) in [6, 6.07) is 4.95. The number of nitrogens with one attached hydrogen (secondary N) is 2. The summed E-state index contributed by atoms with van der Waals surface area (Å²) < 4.78 is 12.1. The Morgan fingerprint density at radius 1 is 1.29 bits per heavy atom. The highest BCUT2D eigenvalue weighted by molar-refractivity contribution is 7.99. The minimum Gasteiger partial charge on any atom is -0.495 e. The molecular formula is C21H25ClN4O4S. The lowest BCUT2D eigenvalue weighted by Crippen LogP contribution is -2.26. The molecule has 2 N–H and O–H groups in total. The molecule has 2 aromatic heterocycles. The van der Waals surface area contributed by atoms with Crippen LogP contribution < -0.4 is 20.3 Å². The van der Waals surface area contributed by atoms with Crippen LogP contribution >= 0.6 is 23.4 Å². The molecule has 0 saturated carbocycles. The van der Waals surface area contributed by atoms with Crippen LogP contribution in [0.4, 0.5) is 5.69 Å². The number of H-pyrrole nitrogens is 1. The molecular weight excluding hydrogens is 440 g/mol. The SMILES string of the molecule is CC[C@H](C)n1c(SCC(=O)Nc2cc(Cl)c(OC)cc2OC)nc2cc(C)[nH]c2c1=O. The summed E-state index contributed by atoms with van der Waals surface area (Å²) >= 11 is 7.38. The Hall–Kier alpha value is -2.65. The van der Waals surface area contributed by atoms with E-state index in [-0.39, 0.29) is 23.3 Å². The third kappa shape index (κ3) is 4.83. The molecule has 3 rings (SSSR count). The first-order valence-corrected chi connectivity index (χ1v) is 11.1. The van der Waals surface area contributed by atoms with E-state index in [0.29, 0.717) is 38.4 Å². The number of halogens is 1. The molecule has 1 amide bonds. The van der Waals surface area contributed by atoms with E-state index in [0.717, 1.165) is 12.1 Å². The van der Waals surface area contributed by atoms with Crippen molar-refractivity contribution in [3.8, 4) is 11.5 Å². The van der Waals surface area contributed by atoms with Crippen LogP contribution in [0, 0.1) is 6.92 Å². The topological polar surface area (TPSA) is 98.2 Å². The predicted octanol–water partition coefficient (Wildman–Crippen LogP) is 4.41. The van der Waals surface area contributed by atoms with Gasteiger partial charge in [-0.05, 0) is 32.4 Å². The van der Waals surface area contributed by atoms with Gasteiger partial charge in [-0.2, -0.15) is 0 Å². The third-order valence-corrected chi connectivity index (χ3v) is 6.15. The summed E-state index contributed by atoms with van der Waals surface area (Å²) in [5.41, 5.74) is 2.22. The van der Waals surface area contributed by atoms with Gasteiger partial charge in [0.1, 0.15) is 17.0 Å². The van der Waals surface area contributed by atoms with Crippen LogP contribution in [0.2, 0.25) is 5.02 Å². The average Bonchev–Trinajstić information content (AvgIpc) is 3.12. The molecule has 0 saturated heterocycles. The number of thioether (sulfide) groups is 1. The lowest BCUT2D eigenvalue weighted by atomic mass is 10.2. The van der Waals surface area contributed by atoms with Crippen LogP contribution in [0.15, 0.2) is 28.2 Å². The van der Waals surface area contributed by atoms with Gasteiger partial charge in [0.25, 0.3) is 5.56 Å². The number of rotatable bonds is 8. The second-order valence-corrected chi connectivity index (χ2v) is 8.41. The molecule has 0 radical (unpaired) electrons. The Labute approximate surface area is 189 Å². The van der Waals surface area contributed by atoms with Gasteiger partial charge >= 0.3 is 0 Å². The number of aromatic amines is 1. The first-order valence-electron chi connectivity index (χ1n) is 9.75. The van der Waals surface area contributed by atoms with Gasteiger partial charge in [0.05, 0.1) is 36.2 Å². The number of benzene rings is 1.